The third kappa shape index (κ3) is 2.70. The van der Waals surface area contributed by atoms with Crippen LogP contribution in [-0.4, -0.2) is 46.7 Å². The predicted molar refractivity (Wildman–Crippen MR) is 79.4 cm³/mol. The minimum atomic E-state index is -0.307. The van der Waals surface area contributed by atoms with Crippen molar-refractivity contribution in [3.63, 3.8) is 0 Å². The van der Waals surface area contributed by atoms with Gasteiger partial charge in [-0.25, -0.2) is 0 Å². The number of para-hydroxylation sites is 1. The molecule has 0 saturated carbocycles. The molecule has 2 aliphatic heterocycles. The number of amides is 1. The fraction of sp³-hybridized carbons (Fsp3) is 0.562. The lowest BCUT2D eigenvalue weighted by atomic mass is 9.88. The Morgan fingerprint density at radius 2 is 1.95 bits per heavy atom. The minimum Gasteiger partial charge on any atom is -0.504 e. The van der Waals surface area contributed by atoms with Crippen LogP contribution in [0.3, 0.4) is 0 Å². The molecule has 21 heavy (non-hydrogen) atoms. The van der Waals surface area contributed by atoms with Crippen molar-refractivity contribution in [2.45, 2.75) is 31.7 Å². The van der Waals surface area contributed by atoms with Gasteiger partial charge in [0.1, 0.15) is 0 Å². The van der Waals surface area contributed by atoms with Crippen LogP contribution >= 0.6 is 0 Å². The number of hydrogen-bond donors (Lipinski definition) is 3. The highest BCUT2D eigenvalue weighted by molar-refractivity contribution is 5.98. The summed E-state index contributed by atoms with van der Waals surface area (Å²) in [6, 6.07) is 4.83. The second-order valence-electron chi connectivity index (χ2n) is 5.97. The topological polar surface area (TPSA) is 72.8 Å². The van der Waals surface area contributed by atoms with Crippen molar-refractivity contribution in [1.82, 2.24) is 10.2 Å². The fourth-order valence-corrected chi connectivity index (χ4v) is 3.62. The Morgan fingerprint density at radius 1 is 1.19 bits per heavy atom. The van der Waals surface area contributed by atoms with Gasteiger partial charge >= 0.3 is 0 Å². The van der Waals surface area contributed by atoms with Crippen LogP contribution < -0.4 is 5.32 Å². The average Bonchev–Trinajstić information content (AvgIpc) is 3.00. The number of rotatable bonds is 2. The van der Waals surface area contributed by atoms with Crippen molar-refractivity contribution in [2.24, 2.45) is 5.92 Å². The number of nitrogens with zero attached hydrogens (tertiary/aromatic N) is 1. The van der Waals surface area contributed by atoms with E-state index in [4.69, 9.17) is 0 Å². The number of benzene rings is 1. The van der Waals surface area contributed by atoms with Gasteiger partial charge in [-0.1, -0.05) is 6.07 Å². The normalized spacial score (nSPS) is 23.4. The largest absolute Gasteiger partial charge is 0.504 e. The van der Waals surface area contributed by atoms with Crippen LogP contribution in [-0.2, 0) is 0 Å². The highest BCUT2D eigenvalue weighted by atomic mass is 16.3. The highest BCUT2D eigenvalue weighted by Gasteiger charge is 2.36. The Bertz CT molecular complexity index is 526. The summed E-state index contributed by atoms with van der Waals surface area (Å²) in [6.07, 6.45) is 4.25. The molecule has 1 amide bonds. The van der Waals surface area contributed by atoms with Crippen molar-refractivity contribution in [1.29, 1.82) is 0 Å². The molecular formula is C16H22N2O3. The van der Waals surface area contributed by atoms with Gasteiger partial charge in [0.25, 0.3) is 5.91 Å². The number of phenols is 2. The van der Waals surface area contributed by atoms with Gasteiger partial charge in [-0.05, 0) is 56.8 Å². The van der Waals surface area contributed by atoms with Crippen LogP contribution in [0, 0.1) is 5.92 Å². The molecule has 1 unspecified atom stereocenters. The zero-order valence-electron chi connectivity index (χ0n) is 12.1. The first-order valence-corrected chi connectivity index (χ1v) is 7.71. The van der Waals surface area contributed by atoms with Gasteiger partial charge in [-0.3, -0.25) is 4.79 Å². The van der Waals surface area contributed by atoms with E-state index in [1.807, 2.05) is 4.90 Å². The number of carbonyl (C=O) groups is 1. The molecule has 0 spiro atoms. The first kappa shape index (κ1) is 14.2. The smallest absolute Gasteiger partial charge is 0.258 e. The summed E-state index contributed by atoms with van der Waals surface area (Å²) in [7, 11) is 0. The number of piperidine rings is 1. The van der Waals surface area contributed by atoms with E-state index >= 15 is 0 Å². The molecule has 2 saturated heterocycles. The van der Waals surface area contributed by atoms with Gasteiger partial charge in [0, 0.05) is 12.6 Å². The van der Waals surface area contributed by atoms with Gasteiger partial charge in [-0.2, -0.15) is 0 Å². The zero-order chi connectivity index (χ0) is 14.8. The molecule has 1 aromatic rings. The van der Waals surface area contributed by atoms with Crippen molar-refractivity contribution < 1.29 is 15.0 Å². The third-order valence-electron chi connectivity index (χ3n) is 4.73. The molecule has 0 radical (unpaired) electrons. The molecule has 0 aromatic heterocycles. The molecule has 2 aliphatic rings. The van der Waals surface area contributed by atoms with E-state index in [0.717, 1.165) is 45.3 Å². The van der Waals surface area contributed by atoms with Crippen LogP contribution in [0.25, 0.3) is 0 Å². The number of hydrogen-bond acceptors (Lipinski definition) is 4. The van der Waals surface area contributed by atoms with Gasteiger partial charge in [0.2, 0.25) is 0 Å². The molecule has 1 atom stereocenters. The summed E-state index contributed by atoms with van der Waals surface area (Å²) >= 11 is 0. The lowest BCUT2D eigenvalue weighted by Crippen LogP contribution is -2.43. The first-order valence-electron chi connectivity index (χ1n) is 7.71. The number of nitrogens with one attached hydrogen (secondary N) is 1. The van der Waals surface area contributed by atoms with Crippen molar-refractivity contribution in [3.8, 4) is 11.5 Å². The maximum atomic E-state index is 12.7. The predicted octanol–water partition coefficient (Wildman–Crippen LogP) is 1.70. The molecule has 1 aromatic carbocycles. The molecular weight excluding hydrogens is 268 g/mol. The van der Waals surface area contributed by atoms with Crippen LogP contribution in [0.4, 0.5) is 0 Å². The van der Waals surface area contributed by atoms with E-state index in [2.05, 4.69) is 5.32 Å². The minimum absolute atomic E-state index is 0.163. The quantitative estimate of drug-likeness (QED) is 0.725. The maximum Gasteiger partial charge on any atom is 0.258 e. The van der Waals surface area contributed by atoms with E-state index in [-0.39, 0.29) is 29.0 Å². The van der Waals surface area contributed by atoms with E-state index in [1.165, 1.54) is 6.07 Å². The number of likely N-dealkylation sites (tertiary alicyclic amines) is 1. The van der Waals surface area contributed by atoms with E-state index in [1.54, 1.807) is 12.1 Å². The fourth-order valence-electron chi connectivity index (χ4n) is 3.62. The molecule has 0 aliphatic carbocycles. The summed E-state index contributed by atoms with van der Waals surface area (Å²) in [4.78, 5) is 14.6. The van der Waals surface area contributed by atoms with Crippen LogP contribution in [0.15, 0.2) is 18.2 Å². The average molecular weight is 290 g/mol. The molecule has 0 bridgehead atoms. The number of carbonyl (C=O) groups excluding carboxylic acids is 1. The molecule has 3 rings (SSSR count). The van der Waals surface area contributed by atoms with Crippen molar-refractivity contribution in [2.75, 3.05) is 19.6 Å². The van der Waals surface area contributed by atoms with E-state index in [9.17, 15) is 15.0 Å². The lowest BCUT2D eigenvalue weighted by Gasteiger charge is -2.34. The Labute approximate surface area is 124 Å². The van der Waals surface area contributed by atoms with E-state index < -0.39 is 0 Å². The summed E-state index contributed by atoms with van der Waals surface area (Å²) in [5, 5.41) is 22.8. The Kier molecular flexibility index (Phi) is 4.01. The monoisotopic (exact) mass is 290 g/mol. The number of phenolic OH excluding ortho intramolecular Hbond substituents is 2. The number of aromatic hydroxyl groups is 2. The van der Waals surface area contributed by atoms with E-state index in [0.29, 0.717) is 5.92 Å². The third-order valence-corrected chi connectivity index (χ3v) is 4.73. The summed E-state index contributed by atoms with van der Waals surface area (Å²) < 4.78 is 0. The SMILES string of the molecule is O=C(c1cccc(O)c1O)N1CCCC1C1CCNCC1. The Balaban J connectivity index is 1.81. The molecule has 114 valence electrons. The molecule has 5 nitrogen and oxygen atoms in total. The van der Waals surface area contributed by atoms with Crippen LogP contribution in [0.1, 0.15) is 36.0 Å². The maximum absolute atomic E-state index is 12.7. The molecule has 5 heteroatoms. The lowest BCUT2D eigenvalue weighted by molar-refractivity contribution is 0.0662. The highest BCUT2D eigenvalue weighted by Crippen LogP contribution is 2.34. The zero-order valence-corrected chi connectivity index (χ0v) is 12.1. The van der Waals surface area contributed by atoms with Gasteiger partial charge in [0.15, 0.2) is 11.5 Å². The Morgan fingerprint density at radius 3 is 2.71 bits per heavy atom. The van der Waals surface area contributed by atoms with Gasteiger partial charge in [0.05, 0.1) is 5.56 Å². The van der Waals surface area contributed by atoms with Gasteiger partial charge < -0.3 is 20.4 Å². The second-order valence-corrected chi connectivity index (χ2v) is 5.97. The van der Waals surface area contributed by atoms with Crippen molar-refractivity contribution >= 4 is 5.91 Å². The van der Waals surface area contributed by atoms with Gasteiger partial charge in [-0.15, -0.1) is 0 Å². The molecule has 2 fully saturated rings. The van der Waals surface area contributed by atoms with Crippen molar-refractivity contribution in [3.05, 3.63) is 23.8 Å². The summed E-state index contributed by atoms with van der Waals surface area (Å²) in [6.45, 7) is 2.77. The standard InChI is InChI=1S/C16H22N2O3/c19-14-5-1-3-12(15(14)20)16(21)18-10-2-4-13(18)11-6-8-17-9-7-11/h1,3,5,11,13,17,19-20H,2,4,6-10H2. The molecule has 3 N–H and O–H groups in total. The van der Waals surface area contributed by atoms with Crippen LogP contribution in [0.2, 0.25) is 0 Å². The van der Waals surface area contributed by atoms with Crippen LogP contribution in [0.5, 0.6) is 11.5 Å². The summed E-state index contributed by atoms with van der Waals surface area (Å²) in [5.41, 5.74) is 0.204. The first-order chi connectivity index (χ1) is 10.2. The second kappa shape index (κ2) is 5.93. The molecule has 2 heterocycles. The summed E-state index contributed by atoms with van der Waals surface area (Å²) in [5.74, 6) is -0.168. The Hall–Kier alpha value is -1.75.